The van der Waals surface area contributed by atoms with E-state index < -0.39 is 12.5 Å². The predicted octanol–water partition coefficient (Wildman–Crippen LogP) is 6.66. The first-order chi connectivity index (χ1) is 12.7. The Hall–Kier alpha value is -0.120. The minimum absolute atomic E-state index is 0.552. The number of rotatable bonds is 21. The van der Waals surface area contributed by atoms with E-state index in [2.05, 4.69) is 19.2 Å². The molecule has 0 radical (unpaired) electrons. The highest BCUT2D eigenvalue weighted by Crippen LogP contribution is 2.14. The molecule has 0 rings (SSSR count). The third kappa shape index (κ3) is 20.2. The van der Waals surface area contributed by atoms with E-state index in [1.165, 1.54) is 89.9 Å². The van der Waals surface area contributed by atoms with Gasteiger partial charge in [-0.1, -0.05) is 110 Å². The fourth-order valence-corrected chi connectivity index (χ4v) is 3.50. The lowest BCUT2D eigenvalue weighted by Gasteiger charge is -2.17. The van der Waals surface area contributed by atoms with Gasteiger partial charge in [0.25, 0.3) is 0 Å². The van der Waals surface area contributed by atoms with Gasteiger partial charge in [0.15, 0.2) is 0 Å². The Bertz CT molecular complexity index is 261. The fraction of sp³-hybridized carbons (Fsp3) is 1.00. The zero-order valence-corrected chi connectivity index (χ0v) is 18.0. The molecule has 3 nitrogen and oxygen atoms in total. The van der Waals surface area contributed by atoms with Crippen LogP contribution >= 0.6 is 0 Å². The highest BCUT2D eigenvalue weighted by molar-refractivity contribution is 4.59. The van der Waals surface area contributed by atoms with Crippen molar-refractivity contribution in [2.24, 2.45) is 0 Å². The Morgan fingerprint density at radius 3 is 1.15 bits per heavy atom. The molecule has 0 aliphatic heterocycles. The lowest BCUT2D eigenvalue weighted by atomic mass is 10.0. The Morgan fingerprint density at radius 2 is 0.769 bits per heavy atom. The van der Waals surface area contributed by atoms with Crippen LogP contribution in [0.2, 0.25) is 0 Å². The molecule has 3 heteroatoms. The summed E-state index contributed by atoms with van der Waals surface area (Å²) in [6, 6.07) is 0. The van der Waals surface area contributed by atoms with Crippen molar-refractivity contribution in [3.63, 3.8) is 0 Å². The second kappa shape index (κ2) is 21.2. The summed E-state index contributed by atoms with van der Waals surface area (Å²) in [5.41, 5.74) is 0. The Kier molecular flexibility index (Phi) is 21.1. The van der Waals surface area contributed by atoms with Crippen molar-refractivity contribution in [1.82, 2.24) is 5.32 Å². The summed E-state index contributed by atoms with van der Waals surface area (Å²) < 4.78 is 0. The SMILES string of the molecule is CCCCCCCCCCCCCCCCCC(O)NC(O)CCCC. The predicted molar refractivity (Wildman–Crippen MR) is 114 cm³/mol. The first kappa shape index (κ1) is 25.9. The van der Waals surface area contributed by atoms with Crippen LogP contribution in [0, 0.1) is 0 Å². The molecule has 0 bridgehead atoms. The first-order valence-electron chi connectivity index (χ1n) is 11.8. The van der Waals surface area contributed by atoms with Gasteiger partial charge in [-0.15, -0.1) is 0 Å². The minimum atomic E-state index is -0.554. The van der Waals surface area contributed by atoms with Crippen LogP contribution in [0.15, 0.2) is 0 Å². The normalized spacial score (nSPS) is 13.8. The molecule has 2 atom stereocenters. The van der Waals surface area contributed by atoms with Crippen LogP contribution in [-0.2, 0) is 0 Å². The van der Waals surface area contributed by atoms with Crippen molar-refractivity contribution in [3.05, 3.63) is 0 Å². The molecule has 0 heterocycles. The maximum Gasteiger partial charge on any atom is 0.106 e. The van der Waals surface area contributed by atoms with Crippen LogP contribution in [0.1, 0.15) is 136 Å². The van der Waals surface area contributed by atoms with Gasteiger partial charge >= 0.3 is 0 Å². The van der Waals surface area contributed by atoms with E-state index in [0.29, 0.717) is 0 Å². The third-order valence-corrected chi connectivity index (χ3v) is 5.30. The topological polar surface area (TPSA) is 52.5 Å². The quantitative estimate of drug-likeness (QED) is 0.156. The van der Waals surface area contributed by atoms with Gasteiger partial charge in [-0.2, -0.15) is 0 Å². The molecule has 0 saturated heterocycles. The average molecular weight is 372 g/mol. The molecular formula is C23H49NO2. The van der Waals surface area contributed by atoms with Gasteiger partial charge in [0.1, 0.15) is 12.5 Å². The van der Waals surface area contributed by atoms with E-state index in [1.807, 2.05) is 0 Å². The van der Waals surface area contributed by atoms with Crippen LogP contribution in [0.25, 0.3) is 0 Å². The molecule has 0 spiro atoms. The molecule has 0 aromatic rings. The lowest BCUT2D eigenvalue weighted by molar-refractivity contribution is 0.0312. The molecule has 0 fully saturated rings. The monoisotopic (exact) mass is 371 g/mol. The van der Waals surface area contributed by atoms with E-state index >= 15 is 0 Å². The first-order valence-corrected chi connectivity index (χ1v) is 11.8. The number of aliphatic hydroxyl groups is 2. The van der Waals surface area contributed by atoms with Crippen molar-refractivity contribution >= 4 is 0 Å². The molecule has 3 N–H and O–H groups in total. The van der Waals surface area contributed by atoms with Gasteiger partial charge in [-0.05, 0) is 25.7 Å². The van der Waals surface area contributed by atoms with Gasteiger partial charge in [0.05, 0.1) is 0 Å². The van der Waals surface area contributed by atoms with Crippen molar-refractivity contribution < 1.29 is 10.2 Å². The summed E-state index contributed by atoms with van der Waals surface area (Å²) >= 11 is 0. The summed E-state index contributed by atoms with van der Waals surface area (Å²) in [6.45, 7) is 4.39. The summed E-state index contributed by atoms with van der Waals surface area (Å²) in [5, 5.41) is 22.4. The molecule has 0 aromatic carbocycles. The van der Waals surface area contributed by atoms with E-state index in [9.17, 15) is 10.2 Å². The van der Waals surface area contributed by atoms with Gasteiger partial charge in [-0.3, -0.25) is 5.32 Å². The van der Waals surface area contributed by atoms with Crippen LogP contribution in [0.3, 0.4) is 0 Å². The van der Waals surface area contributed by atoms with Gasteiger partial charge in [-0.25, -0.2) is 0 Å². The summed E-state index contributed by atoms with van der Waals surface area (Å²) in [5.74, 6) is 0. The average Bonchev–Trinajstić information content (AvgIpc) is 2.63. The molecule has 0 aliphatic carbocycles. The highest BCUT2D eigenvalue weighted by Gasteiger charge is 2.09. The van der Waals surface area contributed by atoms with Crippen LogP contribution in [-0.4, -0.2) is 22.7 Å². The van der Waals surface area contributed by atoms with Crippen LogP contribution < -0.4 is 5.32 Å². The standard InChI is InChI=1S/C23H49NO2/c1-3-5-7-8-9-10-11-12-13-14-15-16-17-18-19-21-23(26)24-22(25)20-6-4-2/h22-26H,3-21H2,1-2H3. The lowest BCUT2D eigenvalue weighted by Crippen LogP contribution is -2.38. The molecule has 26 heavy (non-hydrogen) atoms. The van der Waals surface area contributed by atoms with E-state index in [4.69, 9.17) is 0 Å². The maximum absolute atomic E-state index is 9.85. The molecule has 0 saturated carbocycles. The zero-order valence-electron chi connectivity index (χ0n) is 18.0. The summed E-state index contributed by atoms with van der Waals surface area (Å²) in [7, 11) is 0. The number of hydrogen-bond acceptors (Lipinski definition) is 3. The second-order valence-electron chi connectivity index (χ2n) is 8.08. The molecule has 158 valence electrons. The molecule has 0 amide bonds. The summed E-state index contributed by atoms with van der Waals surface area (Å²) in [4.78, 5) is 0. The van der Waals surface area contributed by atoms with Gasteiger partial charge in [0, 0.05) is 0 Å². The molecule has 0 aliphatic rings. The van der Waals surface area contributed by atoms with Crippen molar-refractivity contribution in [3.8, 4) is 0 Å². The largest absolute Gasteiger partial charge is 0.379 e. The number of hydrogen-bond donors (Lipinski definition) is 3. The van der Waals surface area contributed by atoms with Crippen molar-refractivity contribution in [2.75, 3.05) is 0 Å². The van der Waals surface area contributed by atoms with E-state index in [-0.39, 0.29) is 0 Å². The Morgan fingerprint density at radius 1 is 0.462 bits per heavy atom. The van der Waals surface area contributed by atoms with E-state index in [0.717, 1.165) is 32.1 Å². The van der Waals surface area contributed by atoms with Crippen LogP contribution in [0.5, 0.6) is 0 Å². The molecule has 0 aromatic heterocycles. The van der Waals surface area contributed by atoms with Crippen molar-refractivity contribution in [1.29, 1.82) is 0 Å². The maximum atomic E-state index is 9.85. The third-order valence-electron chi connectivity index (χ3n) is 5.30. The second-order valence-corrected chi connectivity index (χ2v) is 8.08. The smallest absolute Gasteiger partial charge is 0.106 e. The Balaban J connectivity index is 3.17. The van der Waals surface area contributed by atoms with Gasteiger partial charge < -0.3 is 10.2 Å². The number of nitrogens with one attached hydrogen (secondary N) is 1. The highest BCUT2D eigenvalue weighted by atomic mass is 16.3. The summed E-state index contributed by atoms with van der Waals surface area (Å²) in [6.07, 6.45) is 22.8. The minimum Gasteiger partial charge on any atom is -0.379 e. The zero-order chi connectivity index (χ0) is 19.3. The molecule has 2 unspecified atom stereocenters. The molecular weight excluding hydrogens is 322 g/mol. The van der Waals surface area contributed by atoms with Crippen LogP contribution in [0.4, 0.5) is 0 Å². The fourth-order valence-electron chi connectivity index (χ4n) is 3.50. The number of aliphatic hydroxyl groups excluding tert-OH is 2. The Labute approximate surface area is 164 Å². The van der Waals surface area contributed by atoms with Crippen molar-refractivity contribution in [2.45, 2.75) is 148 Å². The van der Waals surface area contributed by atoms with Gasteiger partial charge in [0.2, 0.25) is 0 Å². The van der Waals surface area contributed by atoms with E-state index in [1.54, 1.807) is 0 Å². The number of unbranched alkanes of at least 4 members (excludes halogenated alkanes) is 15.